The van der Waals surface area contributed by atoms with Crippen LogP contribution in [-0.2, 0) is 20.9 Å². The van der Waals surface area contributed by atoms with Crippen LogP contribution < -0.4 is 20.1 Å². The number of para-hydroxylation sites is 2. The fraction of sp³-hybridized carbons (Fsp3) is 0.333. The number of ether oxygens (including phenoxy) is 3. The average molecular weight is 431 g/mol. The van der Waals surface area contributed by atoms with Gasteiger partial charge in [-0.1, -0.05) is 18.2 Å². The van der Waals surface area contributed by atoms with E-state index < -0.39 is 22.9 Å². The molecule has 2 N–H and O–H groups in total. The Hall–Kier alpha value is -3.82. The SMILES string of the molecule is COc1ccc(CNC(=O)C(C)OC(=O)CCNc2ccccc2[N+](=O)[O-])cc1OC. The molecule has 1 unspecified atom stereocenters. The number of methoxy groups -OCH3 is 2. The van der Waals surface area contributed by atoms with Crippen molar-refractivity contribution in [1.29, 1.82) is 0 Å². The van der Waals surface area contributed by atoms with Crippen molar-refractivity contribution in [3.05, 3.63) is 58.1 Å². The zero-order valence-corrected chi connectivity index (χ0v) is 17.5. The van der Waals surface area contributed by atoms with Crippen molar-refractivity contribution in [1.82, 2.24) is 5.32 Å². The summed E-state index contributed by atoms with van der Waals surface area (Å²) < 4.78 is 15.5. The van der Waals surface area contributed by atoms with Crippen molar-refractivity contribution in [2.45, 2.75) is 26.0 Å². The molecule has 0 radical (unpaired) electrons. The number of carbonyl (C=O) groups excluding carboxylic acids is 2. The molecule has 0 aliphatic heterocycles. The first-order valence-corrected chi connectivity index (χ1v) is 9.51. The molecule has 2 aromatic rings. The van der Waals surface area contributed by atoms with Crippen molar-refractivity contribution in [2.75, 3.05) is 26.1 Å². The first-order chi connectivity index (χ1) is 14.8. The summed E-state index contributed by atoms with van der Waals surface area (Å²) in [4.78, 5) is 34.7. The van der Waals surface area contributed by atoms with Crippen molar-refractivity contribution in [3.63, 3.8) is 0 Å². The van der Waals surface area contributed by atoms with Crippen LogP contribution in [0, 0.1) is 10.1 Å². The lowest BCUT2D eigenvalue weighted by Gasteiger charge is -2.15. The fourth-order valence-electron chi connectivity index (χ4n) is 2.71. The Bertz CT molecular complexity index is 933. The van der Waals surface area contributed by atoms with Gasteiger partial charge in [0.1, 0.15) is 5.69 Å². The highest BCUT2D eigenvalue weighted by Gasteiger charge is 2.18. The molecule has 0 spiro atoms. The van der Waals surface area contributed by atoms with E-state index in [1.54, 1.807) is 36.4 Å². The zero-order valence-electron chi connectivity index (χ0n) is 17.5. The smallest absolute Gasteiger partial charge is 0.308 e. The Balaban J connectivity index is 1.78. The highest BCUT2D eigenvalue weighted by molar-refractivity contribution is 5.83. The number of benzene rings is 2. The Morgan fingerprint density at radius 1 is 1.10 bits per heavy atom. The van der Waals surface area contributed by atoms with Crippen molar-refractivity contribution < 1.29 is 28.7 Å². The topological polar surface area (TPSA) is 129 Å². The average Bonchev–Trinajstić information content (AvgIpc) is 2.77. The number of esters is 1. The number of hydrogen-bond donors (Lipinski definition) is 2. The molecule has 0 aliphatic rings. The van der Waals surface area contributed by atoms with Crippen molar-refractivity contribution in [2.24, 2.45) is 0 Å². The summed E-state index contributed by atoms with van der Waals surface area (Å²) in [5, 5.41) is 16.5. The first kappa shape index (κ1) is 23.5. The Labute approximate surface area is 179 Å². The summed E-state index contributed by atoms with van der Waals surface area (Å²) >= 11 is 0. The first-order valence-electron chi connectivity index (χ1n) is 9.51. The molecule has 0 bridgehead atoms. The second kappa shape index (κ2) is 11.4. The standard InChI is InChI=1S/C21H25N3O7/c1-14(21(26)23-13-15-8-9-18(29-2)19(12-15)30-3)31-20(25)10-11-22-16-6-4-5-7-17(16)24(27)28/h4-9,12,14,22H,10-11,13H2,1-3H3,(H,23,26). The van der Waals surface area contributed by atoms with Crippen LogP contribution in [-0.4, -0.2) is 43.7 Å². The lowest BCUT2D eigenvalue weighted by molar-refractivity contribution is -0.384. The molecule has 166 valence electrons. The third-order valence-corrected chi connectivity index (χ3v) is 4.34. The molecule has 0 saturated carbocycles. The maximum absolute atomic E-state index is 12.2. The summed E-state index contributed by atoms with van der Waals surface area (Å²) in [6.45, 7) is 1.82. The number of nitrogens with zero attached hydrogens (tertiary/aromatic N) is 1. The lowest BCUT2D eigenvalue weighted by atomic mass is 10.2. The van der Waals surface area contributed by atoms with Gasteiger partial charge < -0.3 is 24.8 Å². The maximum atomic E-state index is 12.2. The monoisotopic (exact) mass is 431 g/mol. The van der Waals surface area contributed by atoms with Gasteiger partial charge in [-0.05, 0) is 30.7 Å². The molecule has 10 nitrogen and oxygen atoms in total. The minimum absolute atomic E-state index is 0.0562. The van der Waals surface area contributed by atoms with Gasteiger partial charge >= 0.3 is 5.97 Å². The molecular weight excluding hydrogens is 406 g/mol. The molecular formula is C21H25N3O7. The van der Waals surface area contributed by atoms with Crippen LogP contribution in [0.1, 0.15) is 18.9 Å². The van der Waals surface area contributed by atoms with Gasteiger partial charge in [0.05, 0.1) is 25.6 Å². The van der Waals surface area contributed by atoms with E-state index in [0.29, 0.717) is 17.2 Å². The number of nitro groups is 1. The summed E-state index contributed by atoms with van der Waals surface area (Å²) in [7, 11) is 3.05. The normalized spacial score (nSPS) is 11.2. The number of anilines is 1. The maximum Gasteiger partial charge on any atom is 0.308 e. The van der Waals surface area contributed by atoms with Gasteiger partial charge in [0, 0.05) is 19.2 Å². The molecule has 31 heavy (non-hydrogen) atoms. The van der Waals surface area contributed by atoms with Gasteiger partial charge in [-0.2, -0.15) is 0 Å². The van der Waals surface area contributed by atoms with Gasteiger partial charge in [0.25, 0.3) is 11.6 Å². The Kier molecular flexibility index (Phi) is 8.62. The number of nitrogens with one attached hydrogen (secondary N) is 2. The zero-order chi connectivity index (χ0) is 22.8. The van der Waals surface area contributed by atoms with Crippen LogP contribution in [0.3, 0.4) is 0 Å². The molecule has 1 atom stereocenters. The van der Waals surface area contributed by atoms with E-state index in [0.717, 1.165) is 5.56 Å². The summed E-state index contributed by atoms with van der Waals surface area (Å²) in [5.41, 5.74) is 1.01. The largest absolute Gasteiger partial charge is 0.493 e. The molecule has 0 saturated heterocycles. The third-order valence-electron chi connectivity index (χ3n) is 4.34. The summed E-state index contributed by atoms with van der Waals surface area (Å²) in [5.74, 6) is 0.0730. The van der Waals surface area contributed by atoms with E-state index >= 15 is 0 Å². The van der Waals surface area contributed by atoms with Gasteiger partial charge in [-0.15, -0.1) is 0 Å². The van der Waals surface area contributed by atoms with Crippen molar-refractivity contribution in [3.8, 4) is 11.5 Å². The van der Waals surface area contributed by atoms with Gasteiger partial charge in [0.15, 0.2) is 17.6 Å². The molecule has 0 aromatic heterocycles. The molecule has 2 rings (SSSR count). The Morgan fingerprint density at radius 3 is 2.48 bits per heavy atom. The predicted octanol–water partition coefficient (Wildman–Crippen LogP) is 2.66. The van der Waals surface area contributed by atoms with Crippen LogP contribution in [0.15, 0.2) is 42.5 Å². The van der Waals surface area contributed by atoms with E-state index in [-0.39, 0.29) is 25.2 Å². The van der Waals surface area contributed by atoms with Gasteiger partial charge in [-0.25, -0.2) is 0 Å². The highest BCUT2D eigenvalue weighted by Crippen LogP contribution is 2.27. The quantitative estimate of drug-likeness (QED) is 0.316. The van der Waals surface area contributed by atoms with E-state index in [2.05, 4.69) is 10.6 Å². The van der Waals surface area contributed by atoms with Crippen molar-refractivity contribution >= 4 is 23.3 Å². The summed E-state index contributed by atoms with van der Waals surface area (Å²) in [6, 6.07) is 11.4. The highest BCUT2D eigenvalue weighted by atomic mass is 16.6. The lowest BCUT2D eigenvalue weighted by Crippen LogP contribution is -2.35. The number of hydrogen-bond acceptors (Lipinski definition) is 8. The Morgan fingerprint density at radius 2 is 1.81 bits per heavy atom. The van der Waals surface area contributed by atoms with Crippen LogP contribution in [0.5, 0.6) is 11.5 Å². The summed E-state index contributed by atoms with van der Waals surface area (Å²) in [6.07, 6.45) is -1.04. The van der Waals surface area contributed by atoms with E-state index in [1.807, 2.05) is 0 Å². The molecule has 2 aromatic carbocycles. The number of rotatable bonds is 11. The number of carbonyl (C=O) groups is 2. The fourth-order valence-corrected chi connectivity index (χ4v) is 2.71. The van der Waals surface area contributed by atoms with Crippen LogP contribution in [0.4, 0.5) is 11.4 Å². The molecule has 0 fully saturated rings. The van der Waals surface area contributed by atoms with Crippen LogP contribution in [0.25, 0.3) is 0 Å². The second-order valence-electron chi connectivity index (χ2n) is 6.49. The molecule has 0 heterocycles. The minimum atomic E-state index is -0.987. The molecule has 10 heteroatoms. The molecule has 0 aliphatic carbocycles. The second-order valence-corrected chi connectivity index (χ2v) is 6.49. The molecule has 1 amide bonds. The van der Waals surface area contributed by atoms with Crippen LogP contribution in [0.2, 0.25) is 0 Å². The van der Waals surface area contributed by atoms with E-state index in [9.17, 15) is 19.7 Å². The predicted molar refractivity (Wildman–Crippen MR) is 113 cm³/mol. The third kappa shape index (κ3) is 6.88. The van der Waals surface area contributed by atoms with Crippen LogP contribution >= 0.6 is 0 Å². The minimum Gasteiger partial charge on any atom is -0.493 e. The number of amides is 1. The number of nitro benzene ring substituents is 1. The van der Waals surface area contributed by atoms with E-state index in [4.69, 9.17) is 14.2 Å². The van der Waals surface area contributed by atoms with Gasteiger partial charge in [0.2, 0.25) is 0 Å². The van der Waals surface area contributed by atoms with E-state index in [1.165, 1.54) is 27.2 Å². The van der Waals surface area contributed by atoms with Gasteiger partial charge in [-0.3, -0.25) is 19.7 Å².